The topological polar surface area (TPSA) is 50.4 Å². The van der Waals surface area contributed by atoms with Gasteiger partial charge in [0.1, 0.15) is 0 Å². The van der Waals surface area contributed by atoms with E-state index in [0.717, 1.165) is 24.2 Å². The third kappa shape index (κ3) is 3.18. The van der Waals surface area contributed by atoms with Gasteiger partial charge in [0, 0.05) is 26.7 Å². The molecule has 2 aromatic carbocycles. The Hall–Kier alpha value is -2.17. The van der Waals surface area contributed by atoms with Gasteiger partial charge in [-0.25, -0.2) is 0 Å². The van der Waals surface area contributed by atoms with Gasteiger partial charge in [0.2, 0.25) is 0 Å². The number of nitrogens with one attached hydrogen (secondary N) is 2. The molecular formula is C18H20N2O2. The summed E-state index contributed by atoms with van der Waals surface area (Å²) in [5.41, 5.74) is 4.63. The van der Waals surface area contributed by atoms with Crippen molar-refractivity contribution >= 4 is 5.91 Å². The van der Waals surface area contributed by atoms with Crippen LogP contribution in [0.5, 0.6) is 0 Å². The van der Waals surface area contributed by atoms with Crippen molar-refractivity contribution in [2.24, 2.45) is 0 Å². The number of hydrogen-bond acceptors (Lipinski definition) is 3. The van der Waals surface area contributed by atoms with Crippen molar-refractivity contribution in [1.82, 2.24) is 10.6 Å². The van der Waals surface area contributed by atoms with E-state index < -0.39 is 6.10 Å². The summed E-state index contributed by atoms with van der Waals surface area (Å²) in [5, 5.41) is 6.28. The standard InChI is InChI=1S/C18H20N2O2/c1-22-17(14-5-3-2-4-6-14)18(21)20-10-13-7-8-15-11-19-12-16(15)9-13/h2-9,17,19H,10-12H2,1H3,(H,20,21). The van der Waals surface area contributed by atoms with Gasteiger partial charge < -0.3 is 15.4 Å². The van der Waals surface area contributed by atoms with Crippen molar-refractivity contribution in [2.75, 3.05) is 7.11 Å². The lowest BCUT2D eigenvalue weighted by molar-refractivity contribution is -0.131. The number of ether oxygens (including phenoxy) is 1. The molecule has 4 heteroatoms. The molecule has 1 heterocycles. The monoisotopic (exact) mass is 296 g/mol. The zero-order valence-electron chi connectivity index (χ0n) is 12.6. The molecule has 0 aromatic heterocycles. The number of benzene rings is 2. The molecule has 4 nitrogen and oxygen atoms in total. The summed E-state index contributed by atoms with van der Waals surface area (Å²) in [6.07, 6.45) is -0.572. The number of carbonyl (C=O) groups is 1. The van der Waals surface area contributed by atoms with Gasteiger partial charge in [-0.2, -0.15) is 0 Å². The molecule has 0 radical (unpaired) electrons. The van der Waals surface area contributed by atoms with Gasteiger partial charge in [-0.15, -0.1) is 0 Å². The van der Waals surface area contributed by atoms with E-state index in [-0.39, 0.29) is 5.91 Å². The molecule has 0 saturated carbocycles. The van der Waals surface area contributed by atoms with Crippen molar-refractivity contribution in [3.05, 3.63) is 70.8 Å². The lowest BCUT2D eigenvalue weighted by Crippen LogP contribution is -2.30. The maximum atomic E-state index is 12.3. The second kappa shape index (κ2) is 6.73. The zero-order chi connectivity index (χ0) is 15.4. The molecule has 114 valence electrons. The largest absolute Gasteiger partial charge is 0.367 e. The van der Waals surface area contributed by atoms with E-state index in [1.165, 1.54) is 11.1 Å². The van der Waals surface area contributed by atoms with E-state index in [0.29, 0.717) is 6.54 Å². The van der Waals surface area contributed by atoms with Gasteiger partial charge >= 0.3 is 0 Å². The summed E-state index contributed by atoms with van der Waals surface area (Å²) in [5.74, 6) is -0.118. The van der Waals surface area contributed by atoms with Crippen LogP contribution >= 0.6 is 0 Å². The summed E-state index contributed by atoms with van der Waals surface area (Å²) in [7, 11) is 1.55. The van der Waals surface area contributed by atoms with Crippen molar-refractivity contribution in [2.45, 2.75) is 25.7 Å². The molecule has 1 aliphatic heterocycles. The minimum Gasteiger partial charge on any atom is -0.367 e. The van der Waals surface area contributed by atoms with Crippen molar-refractivity contribution in [3.8, 4) is 0 Å². The van der Waals surface area contributed by atoms with Crippen LogP contribution in [0.2, 0.25) is 0 Å². The second-order valence-electron chi connectivity index (χ2n) is 5.45. The lowest BCUT2D eigenvalue weighted by atomic mass is 10.1. The minimum absolute atomic E-state index is 0.118. The summed E-state index contributed by atoms with van der Waals surface area (Å²) in [6.45, 7) is 2.35. The summed E-state index contributed by atoms with van der Waals surface area (Å²) >= 11 is 0. The third-order valence-electron chi connectivity index (χ3n) is 3.94. The first-order valence-corrected chi connectivity index (χ1v) is 7.45. The zero-order valence-corrected chi connectivity index (χ0v) is 12.6. The molecule has 1 atom stereocenters. The smallest absolute Gasteiger partial charge is 0.254 e. The van der Waals surface area contributed by atoms with Crippen LogP contribution in [0.15, 0.2) is 48.5 Å². The molecular weight excluding hydrogens is 276 g/mol. The van der Waals surface area contributed by atoms with E-state index in [4.69, 9.17) is 4.74 Å². The van der Waals surface area contributed by atoms with E-state index >= 15 is 0 Å². The van der Waals surface area contributed by atoms with Crippen LogP contribution in [-0.4, -0.2) is 13.0 Å². The van der Waals surface area contributed by atoms with Crippen molar-refractivity contribution in [3.63, 3.8) is 0 Å². The number of fused-ring (bicyclic) bond motifs is 1. The average molecular weight is 296 g/mol. The molecule has 0 bridgehead atoms. The lowest BCUT2D eigenvalue weighted by Gasteiger charge is -2.16. The van der Waals surface area contributed by atoms with Crippen LogP contribution in [0.3, 0.4) is 0 Å². The Bertz CT molecular complexity index is 655. The maximum absolute atomic E-state index is 12.3. The van der Waals surface area contributed by atoms with Crippen LogP contribution in [0.25, 0.3) is 0 Å². The summed E-state index contributed by atoms with van der Waals surface area (Å²) in [4.78, 5) is 12.3. The Morgan fingerprint density at radius 2 is 1.95 bits per heavy atom. The second-order valence-corrected chi connectivity index (χ2v) is 5.45. The third-order valence-corrected chi connectivity index (χ3v) is 3.94. The molecule has 1 aliphatic rings. The predicted molar refractivity (Wildman–Crippen MR) is 85.0 cm³/mol. The highest BCUT2D eigenvalue weighted by atomic mass is 16.5. The van der Waals surface area contributed by atoms with E-state index in [1.54, 1.807) is 7.11 Å². The number of methoxy groups -OCH3 is 1. The molecule has 1 unspecified atom stereocenters. The molecule has 2 N–H and O–H groups in total. The first-order valence-electron chi connectivity index (χ1n) is 7.45. The molecule has 2 aromatic rings. The van der Waals surface area contributed by atoms with Crippen LogP contribution in [0, 0.1) is 0 Å². The molecule has 3 rings (SSSR count). The first kappa shape index (κ1) is 14.8. The Labute approximate surface area is 130 Å². The average Bonchev–Trinajstić information content (AvgIpc) is 3.02. The Morgan fingerprint density at radius 3 is 2.73 bits per heavy atom. The van der Waals surface area contributed by atoms with Crippen LogP contribution < -0.4 is 10.6 Å². The molecule has 0 spiro atoms. The quantitative estimate of drug-likeness (QED) is 0.890. The molecule has 0 fully saturated rings. The van der Waals surface area contributed by atoms with Crippen molar-refractivity contribution in [1.29, 1.82) is 0 Å². The Morgan fingerprint density at radius 1 is 1.18 bits per heavy atom. The van der Waals surface area contributed by atoms with Gasteiger partial charge in [-0.05, 0) is 22.3 Å². The number of hydrogen-bond donors (Lipinski definition) is 2. The number of amides is 1. The first-order chi connectivity index (χ1) is 10.8. The van der Waals surface area contributed by atoms with E-state index in [1.807, 2.05) is 30.3 Å². The van der Waals surface area contributed by atoms with E-state index in [9.17, 15) is 4.79 Å². The number of carbonyl (C=O) groups excluding carboxylic acids is 1. The van der Waals surface area contributed by atoms with Crippen LogP contribution in [0.4, 0.5) is 0 Å². The fourth-order valence-corrected chi connectivity index (χ4v) is 2.76. The summed E-state index contributed by atoms with van der Waals surface area (Å²) < 4.78 is 5.34. The minimum atomic E-state index is -0.572. The SMILES string of the molecule is COC(C(=O)NCc1ccc2c(c1)CNC2)c1ccccc1. The summed E-state index contributed by atoms with van der Waals surface area (Å²) in [6, 6.07) is 15.9. The van der Waals surface area contributed by atoms with Gasteiger partial charge in [0.15, 0.2) is 6.10 Å². The normalized spacial score (nSPS) is 14.4. The highest BCUT2D eigenvalue weighted by Crippen LogP contribution is 2.18. The van der Waals surface area contributed by atoms with E-state index in [2.05, 4.69) is 28.8 Å². The Kier molecular flexibility index (Phi) is 4.51. The molecule has 22 heavy (non-hydrogen) atoms. The molecule has 0 saturated heterocycles. The highest BCUT2D eigenvalue weighted by Gasteiger charge is 2.19. The predicted octanol–water partition coefficient (Wildman–Crippen LogP) is 2.29. The van der Waals surface area contributed by atoms with Gasteiger partial charge in [0.05, 0.1) is 0 Å². The van der Waals surface area contributed by atoms with Crippen LogP contribution in [-0.2, 0) is 29.2 Å². The fourth-order valence-electron chi connectivity index (χ4n) is 2.76. The van der Waals surface area contributed by atoms with Gasteiger partial charge in [-0.3, -0.25) is 4.79 Å². The van der Waals surface area contributed by atoms with Crippen molar-refractivity contribution < 1.29 is 9.53 Å². The van der Waals surface area contributed by atoms with Gasteiger partial charge in [-0.1, -0.05) is 48.5 Å². The van der Waals surface area contributed by atoms with Crippen LogP contribution in [0.1, 0.15) is 28.4 Å². The fraction of sp³-hybridized carbons (Fsp3) is 0.278. The van der Waals surface area contributed by atoms with Gasteiger partial charge in [0.25, 0.3) is 5.91 Å². The molecule has 0 aliphatic carbocycles. The highest BCUT2D eigenvalue weighted by molar-refractivity contribution is 5.82. The molecule has 1 amide bonds. The Balaban J connectivity index is 1.64. The maximum Gasteiger partial charge on any atom is 0.254 e. The number of rotatable bonds is 5.